The molecule has 2 aromatic rings. The standard InChI is InChI=1S/C18H17BrF3N3O/c1-25(2)16-7-6-13(9-15(16)19)11-23-24-17(26)10-12-4-3-5-14(8-12)18(20,21)22/h3-9,11H,10H2,1-2H3,(H,24,26)/b23-11+. The molecule has 4 nitrogen and oxygen atoms in total. The molecule has 0 heterocycles. The van der Waals surface area contributed by atoms with Gasteiger partial charge in [0.2, 0.25) is 5.91 Å². The van der Waals surface area contributed by atoms with Gasteiger partial charge >= 0.3 is 6.18 Å². The summed E-state index contributed by atoms with van der Waals surface area (Å²) in [7, 11) is 3.84. The fourth-order valence-corrected chi connectivity index (χ4v) is 2.98. The lowest BCUT2D eigenvalue weighted by Gasteiger charge is -2.14. The molecule has 1 amide bonds. The highest BCUT2D eigenvalue weighted by atomic mass is 79.9. The first kappa shape index (κ1) is 20.0. The van der Waals surface area contributed by atoms with Gasteiger partial charge in [0.05, 0.1) is 23.9 Å². The van der Waals surface area contributed by atoms with Crippen LogP contribution in [0.25, 0.3) is 0 Å². The quantitative estimate of drug-likeness (QED) is 0.573. The Kier molecular flexibility index (Phi) is 6.42. The second kappa shape index (κ2) is 8.35. The van der Waals surface area contributed by atoms with E-state index >= 15 is 0 Å². The molecule has 0 saturated carbocycles. The molecule has 8 heteroatoms. The van der Waals surface area contributed by atoms with Crippen molar-refractivity contribution in [2.75, 3.05) is 19.0 Å². The third-order valence-corrected chi connectivity index (χ3v) is 4.11. The summed E-state index contributed by atoms with van der Waals surface area (Å²) in [5.41, 5.74) is 3.57. The van der Waals surface area contributed by atoms with E-state index in [0.717, 1.165) is 27.9 Å². The SMILES string of the molecule is CN(C)c1ccc(/C=N/NC(=O)Cc2cccc(C(F)(F)F)c2)cc1Br. The van der Waals surface area contributed by atoms with Gasteiger partial charge in [0.15, 0.2) is 0 Å². The number of carbonyl (C=O) groups is 1. The maximum atomic E-state index is 12.7. The Morgan fingerprint density at radius 1 is 1.23 bits per heavy atom. The molecule has 0 fully saturated rings. The molecule has 2 aromatic carbocycles. The zero-order valence-electron chi connectivity index (χ0n) is 14.1. The largest absolute Gasteiger partial charge is 0.416 e. The minimum atomic E-state index is -4.43. The molecule has 0 spiro atoms. The molecule has 0 aliphatic carbocycles. The maximum absolute atomic E-state index is 12.7. The number of halogens is 4. The van der Waals surface area contributed by atoms with Crippen LogP contribution in [0.5, 0.6) is 0 Å². The number of hydrazone groups is 1. The number of nitrogens with zero attached hydrogens (tertiary/aromatic N) is 2. The second-order valence-electron chi connectivity index (χ2n) is 5.77. The molecule has 0 bridgehead atoms. The molecule has 0 aliphatic heterocycles. The summed E-state index contributed by atoms with van der Waals surface area (Å²) in [5.74, 6) is -0.496. The molecule has 0 saturated heterocycles. The fraction of sp³-hybridized carbons (Fsp3) is 0.222. The van der Waals surface area contributed by atoms with Crippen molar-refractivity contribution in [3.8, 4) is 0 Å². The van der Waals surface area contributed by atoms with Crippen LogP contribution in [0.2, 0.25) is 0 Å². The van der Waals surface area contributed by atoms with E-state index in [-0.39, 0.29) is 12.0 Å². The highest BCUT2D eigenvalue weighted by Gasteiger charge is 2.30. The van der Waals surface area contributed by atoms with Crippen LogP contribution in [0, 0.1) is 0 Å². The minimum absolute atomic E-state index is 0.190. The van der Waals surface area contributed by atoms with Crippen molar-refractivity contribution in [2.45, 2.75) is 12.6 Å². The van der Waals surface area contributed by atoms with Crippen LogP contribution in [0.1, 0.15) is 16.7 Å². The van der Waals surface area contributed by atoms with Crippen LogP contribution in [0.4, 0.5) is 18.9 Å². The Labute approximate surface area is 157 Å². The van der Waals surface area contributed by atoms with Gasteiger partial charge in [-0.05, 0) is 45.3 Å². The summed E-state index contributed by atoms with van der Waals surface area (Å²) >= 11 is 3.45. The number of hydrogen-bond donors (Lipinski definition) is 1. The van der Waals surface area contributed by atoms with Crippen LogP contribution in [-0.2, 0) is 17.4 Å². The molecule has 0 unspecified atom stereocenters. The summed E-state index contributed by atoms with van der Waals surface area (Å²) in [6.45, 7) is 0. The van der Waals surface area contributed by atoms with E-state index in [1.54, 1.807) is 0 Å². The van der Waals surface area contributed by atoms with Gasteiger partial charge in [-0.2, -0.15) is 18.3 Å². The van der Waals surface area contributed by atoms with Gasteiger partial charge in [0.25, 0.3) is 0 Å². The Bertz CT molecular complexity index is 820. The predicted octanol–water partition coefficient (Wildman–Crippen LogP) is 4.23. The second-order valence-corrected chi connectivity index (χ2v) is 6.63. The molecule has 138 valence electrons. The number of nitrogens with one attached hydrogen (secondary N) is 1. The van der Waals surface area contributed by atoms with Crippen molar-refractivity contribution >= 4 is 33.7 Å². The van der Waals surface area contributed by atoms with E-state index in [4.69, 9.17) is 0 Å². The van der Waals surface area contributed by atoms with Crippen molar-refractivity contribution in [1.29, 1.82) is 0 Å². The lowest BCUT2D eigenvalue weighted by Crippen LogP contribution is -2.20. The Morgan fingerprint density at radius 3 is 2.58 bits per heavy atom. The first-order valence-electron chi connectivity index (χ1n) is 7.62. The predicted molar refractivity (Wildman–Crippen MR) is 99.4 cm³/mol. The number of carbonyl (C=O) groups excluding carboxylic acids is 1. The molecular weight excluding hydrogens is 411 g/mol. The highest BCUT2D eigenvalue weighted by Crippen LogP contribution is 2.29. The molecular formula is C18H17BrF3N3O. The van der Waals surface area contributed by atoms with Crippen molar-refractivity contribution in [3.63, 3.8) is 0 Å². The van der Waals surface area contributed by atoms with E-state index in [1.165, 1.54) is 18.3 Å². The Balaban J connectivity index is 1.97. The number of alkyl halides is 3. The van der Waals surface area contributed by atoms with Gasteiger partial charge in [0.1, 0.15) is 0 Å². The van der Waals surface area contributed by atoms with Gasteiger partial charge < -0.3 is 4.90 Å². The molecule has 2 rings (SSSR count). The molecule has 26 heavy (non-hydrogen) atoms. The lowest BCUT2D eigenvalue weighted by atomic mass is 10.1. The summed E-state index contributed by atoms with van der Waals surface area (Å²) in [6.07, 6.45) is -3.16. The Hall–Kier alpha value is -2.35. The van der Waals surface area contributed by atoms with E-state index in [2.05, 4.69) is 26.5 Å². The third-order valence-electron chi connectivity index (χ3n) is 3.48. The highest BCUT2D eigenvalue weighted by molar-refractivity contribution is 9.10. The summed E-state index contributed by atoms with van der Waals surface area (Å²) < 4.78 is 38.9. The van der Waals surface area contributed by atoms with Crippen LogP contribution in [-0.4, -0.2) is 26.2 Å². The van der Waals surface area contributed by atoms with Crippen molar-refractivity contribution in [1.82, 2.24) is 5.43 Å². The summed E-state index contributed by atoms with van der Waals surface area (Å²) in [5, 5.41) is 3.84. The monoisotopic (exact) mass is 427 g/mol. The average Bonchev–Trinajstić information content (AvgIpc) is 2.54. The minimum Gasteiger partial charge on any atom is -0.377 e. The van der Waals surface area contributed by atoms with E-state index in [9.17, 15) is 18.0 Å². The molecule has 0 atom stereocenters. The van der Waals surface area contributed by atoms with E-state index < -0.39 is 17.6 Å². The number of amides is 1. The van der Waals surface area contributed by atoms with Crippen LogP contribution >= 0.6 is 15.9 Å². The third kappa shape index (κ3) is 5.59. The maximum Gasteiger partial charge on any atom is 0.416 e. The smallest absolute Gasteiger partial charge is 0.377 e. The average molecular weight is 428 g/mol. The van der Waals surface area contributed by atoms with Gasteiger partial charge in [-0.25, -0.2) is 5.43 Å². The van der Waals surface area contributed by atoms with E-state index in [0.29, 0.717) is 0 Å². The van der Waals surface area contributed by atoms with Gasteiger partial charge in [-0.15, -0.1) is 0 Å². The fourth-order valence-electron chi connectivity index (χ4n) is 2.23. The van der Waals surface area contributed by atoms with Gasteiger partial charge in [-0.1, -0.05) is 24.3 Å². The first-order chi connectivity index (χ1) is 12.2. The number of anilines is 1. The molecule has 0 aliphatic rings. The van der Waals surface area contributed by atoms with Crippen molar-refractivity contribution in [3.05, 3.63) is 63.6 Å². The Morgan fingerprint density at radius 2 is 1.96 bits per heavy atom. The topological polar surface area (TPSA) is 44.7 Å². The van der Waals surface area contributed by atoms with Crippen LogP contribution in [0.3, 0.4) is 0 Å². The zero-order chi connectivity index (χ0) is 19.3. The van der Waals surface area contributed by atoms with Crippen LogP contribution < -0.4 is 10.3 Å². The summed E-state index contributed by atoms with van der Waals surface area (Å²) in [6, 6.07) is 10.2. The number of rotatable bonds is 5. The molecule has 0 radical (unpaired) electrons. The first-order valence-corrected chi connectivity index (χ1v) is 8.41. The lowest BCUT2D eigenvalue weighted by molar-refractivity contribution is -0.137. The molecule has 0 aromatic heterocycles. The van der Waals surface area contributed by atoms with Crippen LogP contribution in [0.15, 0.2) is 52.0 Å². The number of benzene rings is 2. The summed E-state index contributed by atoms with van der Waals surface area (Å²) in [4.78, 5) is 13.8. The van der Waals surface area contributed by atoms with E-state index in [1.807, 2.05) is 37.2 Å². The van der Waals surface area contributed by atoms with Gasteiger partial charge in [0, 0.05) is 18.6 Å². The van der Waals surface area contributed by atoms with Crippen molar-refractivity contribution < 1.29 is 18.0 Å². The van der Waals surface area contributed by atoms with Gasteiger partial charge in [-0.3, -0.25) is 4.79 Å². The normalized spacial score (nSPS) is 11.6. The number of hydrogen-bond acceptors (Lipinski definition) is 3. The van der Waals surface area contributed by atoms with Crippen molar-refractivity contribution in [2.24, 2.45) is 5.10 Å². The molecule has 1 N–H and O–H groups in total. The zero-order valence-corrected chi connectivity index (χ0v) is 15.7.